The van der Waals surface area contributed by atoms with Crippen molar-refractivity contribution in [3.05, 3.63) is 65.5 Å². The quantitative estimate of drug-likeness (QED) is 0.624. The standard InChI is InChI=1S/C24H28N4O3/c1-17-11-13-28(14-12-17)16-18-3-5-20(6-4-18)24(29)25-15-22-26-23(27-31-22)19-7-9-21(30-2)10-8-19/h3-10,17H,11-16H2,1-2H3,(H,25,29). The molecule has 1 N–H and O–H groups in total. The SMILES string of the molecule is COc1ccc(-c2noc(CNC(=O)c3ccc(CN4CCC(C)CC4)cc3)n2)cc1. The number of piperidine rings is 1. The first-order valence-electron chi connectivity index (χ1n) is 10.7. The van der Waals surface area contributed by atoms with Crippen LogP contribution in [0.3, 0.4) is 0 Å². The second kappa shape index (κ2) is 9.75. The number of benzene rings is 2. The van der Waals surface area contributed by atoms with Crippen molar-refractivity contribution in [2.45, 2.75) is 32.9 Å². The molecule has 1 amide bonds. The van der Waals surface area contributed by atoms with Gasteiger partial charge in [0.15, 0.2) is 0 Å². The van der Waals surface area contributed by atoms with Gasteiger partial charge in [-0.25, -0.2) is 0 Å². The highest BCUT2D eigenvalue weighted by atomic mass is 16.5. The molecule has 1 aliphatic rings. The zero-order valence-electron chi connectivity index (χ0n) is 18.0. The molecule has 0 radical (unpaired) electrons. The van der Waals surface area contributed by atoms with Gasteiger partial charge >= 0.3 is 0 Å². The van der Waals surface area contributed by atoms with Crippen LogP contribution in [0.1, 0.15) is 41.6 Å². The topological polar surface area (TPSA) is 80.5 Å². The third kappa shape index (κ3) is 5.49. The number of carbonyl (C=O) groups is 1. The number of rotatable bonds is 7. The van der Waals surface area contributed by atoms with Gasteiger partial charge in [0.2, 0.25) is 11.7 Å². The summed E-state index contributed by atoms with van der Waals surface area (Å²) >= 11 is 0. The molecule has 0 spiro atoms. The fourth-order valence-electron chi connectivity index (χ4n) is 3.68. The van der Waals surface area contributed by atoms with Crippen molar-refractivity contribution in [3.8, 4) is 17.1 Å². The van der Waals surface area contributed by atoms with E-state index in [1.165, 1.54) is 18.4 Å². The van der Waals surface area contributed by atoms with Crippen LogP contribution in [0, 0.1) is 5.92 Å². The minimum Gasteiger partial charge on any atom is -0.497 e. The van der Waals surface area contributed by atoms with E-state index in [-0.39, 0.29) is 12.5 Å². The van der Waals surface area contributed by atoms with Crippen LogP contribution in [0.5, 0.6) is 5.75 Å². The van der Waals surface area contributed by atoms with Crippen LogP contribution in [-0.2, 0) is 13.1 Å². The van der Waals surface area contributed by atoms with E-state index in [4.69, 9.17) is 9.26 Å². The van der Waals surface area contributed by atoms with Gasteiger partial charge in [0.25, 0.3) is 5.91 Å². The summed E-state index contributed by atoms with van der Waals surface area (Å²) in [6, 6.07) is 15.2. The molecule has 31 heavy (non-hydrogen) atoms. The van der Waals surface area contributed by atoms with Crippen LogP contribution in [0.25, 0.3) is 11.4 Å². The highest BCUT2D eigenvalue weighted by molar-refractivity contribution is 5.94. The number of nitrogens with zero attached hydrogens (tertiary/aromatic N) is 3. The molecule has 0 bridgehead atoms. The molecule has 2 aromatic carbocycles. The van der Waals surface area contributed by atoms with Crippen molar-refractivity contribution in [1.82, 2.24) is 20.4 Å². The van der Waals surface area contributed by atoms with Crippen LogP contribution in [0.4, 0.5) is 0 Å². The van der Waals surface area contributed by atoms with Gasteiger partial charge < -0.3 is 14.6 Å². The monoisotopic (exact) mass is 420 g/mol. The zero-order chi connectivity index (χ0) is 21.6. The van der Waals surface area contributed by atoms with E-state index >= 15 is 0 Å². The Morgan fingerprint density at radius 1 is 1.13 bits per heavy atom. The van der Waals surface area contributed by atoms with Gasteiger partial charge in [-0.1, -0.05) is 24.2 Å². The van der Waals surface area contributed by atoms with Gasteiger partial charge in [-0.05, 0) is 73.8 Å². The van der Waals surface area contributed by atoms with Crippen LogP contribution in [0.2, 0.25) is 0 Å². The summed E-state index contributed by atoms with van der Waals surface area (Å²) in [4.78, 5) is 19.3. The molecular formula is C24H28N4O3. The molecule has 3 aromatic rings. The number of aromatic nitrogens is 2. The maximum Gasteiger partial charge on any atom is 0.251 e. The van der Waals surface area contributed by atoms with E-state index in [1.54, 1.807) is 7.11 Å². The molecule has 1 aliphatic heterocycles. The molecule has 0 saturated carbocycles. The van der Waals surface area contributed by atoms with Crippen LogP contribution in [-0.4, -0.2) is 41.1 Å². The average Bonchev–Trinajstić information content (AvgIpc) is 3.29. The van der Waals surface area contributed by atoms with Crippen molar-refractivity contribution < 1.29 is 14.1 Å². The number of methoxy groups -OCH3 is 1. The van der Waals surface area contributed by atoms with Gasteiger partial charge in [-0.3, -0.25) is 9.69 Å². The Labute approximate surface area is 182 Å². The summed E-state index contributed by atoms with van der Waals surface area (Å²) in [5.41, 5.74) is 2.67. The Bertz CT molecular complexity index is 990. The van der Waals surface area contributed by atoms with Crippen molar-refractivity contribution in [2.75, 3.05) is 20.2 Å². The number of amides is 1. The molecule has 0 aliphatic carbocycles. The smallest absolute Gasteiger partial charge is 0.251 e. The normalized spacial score (nSPS) is 15.0. The van der Waals surface area contributed by atoms with E-state index in [1.807, 2.05) is 48.5 Å². The fourth-order valence-corrected chi connectivity index (χ4v) is 3.68. The van der Waals surface area contributed by atoms with Crippen LogP contribution >= 0.6 is 0 Å². The third-order valence-electron chi connectivity index (χ3n) is 5.72. The van der Waals surface area contributed by atoms with E-state index in [9.17, 15) is 4.79 Å². The third-order valence-corrected chi connectivity index (χ3v) is 5.72. The summed E-state index contributed by atoms with van der Waals surface area (Å²) < 4.78 is 10.4. The molecule has 7 heteroatoms. The summed E-state index contributed by atoms with van der Waals surface area (Å²) in [7, 11) is 1.62. The molecule has 4 rings (SSSR count). The van der Waals surface area contributed by atoms with E-state index in [2.05, 4.69) is 27.3 Å². The van der Waals surface area contributed by atoms with Crippen molar-refractivity contribution >= 4 is 5.91 Å². The fraction of sp³-hybridized carbons (Fsp3) is 0.375. The van der Waals surface area contributed by atoms with Crippen LogP contribution in [0.15, 0.2) is 53.1 Å². The summed E-state index contributed by atoms with van der Waals surface area (Å²) in [6.07, 6.45) is 2.52. The Morgan fingerprint density at radius 2 is 1.84 bits per heavy atom. The molecule has 7 nitrogen and oxygen atoms in total. The van der Waals surface area contributed by atoms with Gasteiger partial charge in [0.1, 0.15) is 5.75 Å². The number of carbonyl (C=O) groups excluding carboxylic acids is 1. The van der Waals surface area contributed by atoms with Gasteiger partial charge in [-0.2, -0.15) is 4.98 Å². The molecule has 1 aromatic heterocycles. The average molecular weight is 421 g/mol. The number of hydrogen-bond donors (Lipinski definition) is 1. The Hall–Kier alpha value is -3.19. The lowest BCUT2D eigenvalue weighted by molar-refractivity contribution is 0.0946. The van der Waals surface area contributed by atoms with Crippen molar-refractivity contribution in [1.29, 1.82) is 0 Å². The van der Waals surface area contributed by atoms with Gasteiger partial charge in [-0.15, -0.1) is 0 Å². The lowest BCUT2D eigenvalue weighted by Gasteiger charge is -2.30. The molecule has 0 atom stereocenters. The molecule has 1 saturated heterocycles. The zero-order valence-corrected chi connectivity index (χ0v) is 18.0. The number of nitrogens with one attached hydrogen (secondary N) is 1. The lowest BCUT2D eigenvalue weighted by Crippen LogP contribution is -2.32. The van der Waals surface area contributed by atoms with E-state index in [0.29, 0.717) is 17.3 Å². The Balaban J connectivity index is 1.29. The number of hydrogen-bond acceptors (Lipinski definition) is 6. The first kappa shape index (κ1) is 21.1. The number of likely N-dealkylation sites (tertiary alicyclic amines) is 1. The summed E-state index contributed by atoms with van der Waals surface area (Å²) in [5.74, 6) is 2.26. The van der Waals surface area contributed by atoms with Crippen LogP contribution < -0.4 is 10.1 Å². The predicted octanol–water partition coefficient (Wildman–Crippen LogP) is 3.91. The lowest BCUT2D eigenvalue weighted by atomic mass is 9.99. The van der Waals surface area contributed by atoms with E-state index < -0.39 is 0 Å². The van der Waals surface area contributed by atoms with Gasteiger partial charge in [0.05, 0.1) is 13.7 Å². The van der Waals surface area contributed by atoms with Crippen molar-refractivity contribution in [2.24, 2.45) is 5.92 Å². The second-order valence-electron chi connectivity index (χ2n) is 8.08. The maximum atomic E-state index is 12.5. The summed E-state index contributed by atoms with van der Waals surface area (Å²) in [5, 5.41) is 6.82. The minimum absolute atomic E-state index is 0.164. The van der Waals surface area contributed by atoms with E-state index in [0.717, 1.165) is 36.9 Å². The second-order valence-corrected chi connectivity index (χ2v) is 8.08. The highest BCUT2D eigenvalue weighted by Gasteiger charge is 2.16. The predicted molar refractivity (Wildman–Crippen MR) is 118 cm³/mol. The Kier molecular flexibility index (Phi) is 6.62. The van der Waals surface area contributed by atoms with Crippen molar-refractivity contribution in [3.63, 3.8) is 0 Å². The molecule has 1 fully saturated rings. The molecule has 2 heterocycles. The first-order chi connectivity index (χ1) is 15.1. The molecule has 162 valence electrons. The minimum atomic E-state index is -0.164. The van der Waals surface area contributed by atoms with Gasteiger partial charge in [0, 0.05) is 17.7 Å². The maximum absolute atomic E-state index is 12.5. The number of ether oxygens (including phenoxy) is 1. The highest BCUT2D eigenvalue weighted by Crippen LogP contribution is 2.20. The largest absolute Gasteiger partial charge is 0.497 e. The molecule has 0 unspecified atom stereocenters. The Morgan fingerprint density at radius 3 is 2.52 bits per heavy atom. The molecular weight excluding hydrogens is 392 g/mol. The first-order valence-corrected chi connectivity index (χ1v) is 10.7. The summed E-state index contributed by atoms with van der Waals surface area (Å²) in [6.45, 7) is 5.72.